The van der Waals surface area contributed by atoms with Gasteiger partial charge in [-0.3, -0.25) is 19.3 Å². The number of amidine groups is 2. The summed E-state index contributed by atoms with van der Waals surface area (Å²) in [6.45, 7) is 0.200. The van der Waals surface area contributed by atoms with Crippen LogP contribution in [-0.2, 0) is 29.0 Å². The van der Waals surface area contributed by atoms with E-state index in [0.717, 1.165) is 19.3 Å². The second-order valence-corrected chi connectivity index (χ2v) is 10.2. The fourth-order valence-corrected chi connectivity index (χ4v) is 5.79. The van der Waals surface area contributed by atoms with E-state index in [9.17, 15) is 14.4 Å². The first-order chi connectivity index (χ1) is 16.1. The standard InChI is InChI=1S/C23H22N4O4S2/c28-18(16-8-7-14-4-1-2-5-15(14)10-16)11-19-21(30)27(12-17-6-3-9-31-17)23(33-19)26-25-22-24-20(29)13-32-22/h3,6-10,19H,1-2,4-5,11-13H2,(H,24,25,29)/b26-23-. The first-order valence-electron chi connectivity index (χ1n) is 10.8. The number of hydrogen-bond acceptors (Lipinski definition) is 8. The SMILES string of the molecule is O=C1CS/C(=N\N=C2/SC(CC(=O)c3ccc4c(c3)CCCC4)C(=O)N2Cc2ccco2)N1. The van der Waals surface area contributed by atoms with Crippen LogP contribution in [0.4, 0.5) is 0 Å². The Kier molecular flexibility index (Phi) is 6.37. The summed E-state index contributed by atoms with van der Waals surface area (Å²) in [4.78, 5) is 39.1. The van der Waals surface area contributed by atoms with Gasteiger partial charge in [0.15, 0.2) is 16.1 Å². The third-order valence-corrected chi connectivity index (χ3v) is 7.80. The zero-order valence-electron chi connectivity index (χ0n) is 17.8. The van der Waals surface area contributed by atoms with E-state index in [4.69, 9.17) is 4.42 Å². The molecule has 1 aromatic heterocycles. The van der Waals surface area contributed by atoms with Gasteiger partial charge in [0, 0.05) is 12.0 Å². The van der Waals surface area contributed by atoms with Gasteiger partial charge in [-0.05, 0) is 55.0 Å². The number of hydrogen-bond donors (Lipinski definition) is 1. The molecule has 0 radical (unpaired) electrons. The zero-order valence-corrected chi connectivity index (χ0v) is 19.4. The van der Waals surface area contributed by atoms with Crippen LogP contribution in [-0.4, -0.2) is 43.8 Å². The maximum absolute atomic E-state index is 13.2. The Morgan fingerprint density at radius 1 is 1.15 bits per heavy atom. The lowest BCUT2D eigenvalue weighted by molar-refractivity contribution is -0.126. The van der Waals surface area contributed by atoms with Crippen molar-refractivity contribution < 1.29 is 18.8 Å². The Hall–Kier alpha value is -2.85. The number of fused-ring (bicyclic) bond motifs is 1. The van der Waals surface area contributed by atoms with Crippen LogP contribution in [0.25, 0.3) is 0 Å². The maximum atomic E-state index is 13.2. The summed E-state index contributed by atoms with van der Waals surface area (Å²) in [7, 11) is 0. The number of furan rings is 1. The van der Waals surface area contributed by atoms with Crippen molar-refractivity contribution in [2.24, 2.45) is 10.2 Å². The molecule has 10 heteroatoms. The van der Waals surface area contributed by atoms with Crippen LogP contribution in [0.1, 0.15) is 46.5 Å². The lowest BCUT2D eigenvalue weighted by Gasteiger charge is -2.16. The third-order valence-electron chi connectivity index (χ3n) is 5.77. The second kappa shape index (κ2) is 9.56. The molecule has 170 valence electrons. The van der Waals surface area contributed by atoms with Gasteiger partial charge in [0.25, 0.3) is 0 Å². The number of thioether (sulfide) groups is 2. The number of nitrogens with zero attached hydrogens (tertiary/aromatic N) is 3. The van der Waals surface area contributed by atoms with Crippen molar-refractivity contribution in [3.63, 3.8) is 0 Å². The monoisotopic (exact) mass is 482 g/mol. The van der Waals surface area contributed by atoms with E-state index in [0.29, 0.717) is 27.4 Å². The lowest BCUT2D eigenvalue weighted by atomic mass is 9.89. The molecule has 1 unspecified atom stereocenters. The van der Waals surface area contributed by atoms with Crippen LogP contribution in [0.15, 0.2) is 51.2 Å². The number of carbonyl (C=O) groups is 3. The first kappa shape index (κ1) is 22.0. The minimum atomic E-state index is -0.590. The number of amides is 2. The molecule has 33 heavy (non-hydrogen) atoms. The van der Waals surface area contributed by atoms with Crippen LogP contribution < -0.4 is 5.32 Å². The smallest absolute Gasteiger partial charge is 0.243 e. The Morgan fingerprint density at radius 2 is 2.00 bits per heavy atom. The summed E-state index contributed by atoms with van der Waals surface area (Å²) < 4.78 is 5.40. The molecule has 1 N–H and O–H groups in total. The lowest BCUT2D eigenvalue weighted by Crippen LogP contribution is -2.32. The molecule has 0 saturated carbocycles. The summed E-state index contributed by atoms with van der Waals surface area (Å²) in [5.74, 6) is 0.511. The Bertz CT molecular complexity index is 1160. The Balaban J connectivity index is 1.34. The van der Waals surface area contributed by atoms with Gasteiger partial charge < -0.3 is 9.73 Å². The van der Waals surface area contributed by atoms with Crippen molar-refractivity contribution in [2.75, 3.05) is 5.75 Å². The van der Waals surface area contributed by atoms with E-state index in [1.807, 2.05) is 18.2 Å². The van der Waals surface area contributed by atoms with E-state index >= 15 is 0 Å². The molecule has 5 rings (SSSR count). The summed E-state index contributed by atoms with van der Waals surface area (Å²) in [5, 5.41) is 11.1. The summed E-state index contributed by atoms with van der Waals surface area (Å²) in [6, 6.07) is 9.44. The van der Waals surface area contributed by atoms with Gasteiger partial charge in [0.1, 0.15) is 5.76 Å². The van der Waals surface area contributed by atoms with Crippen molar-refractivity contribution in [1.29, 1.82) is 0 Å². The summed E-state index contributed by atoms with van der Waals surface area (Å²) >= 11 is 2.48. The van der Waals surface area contributed by atoms with Crippen molar-refractivity contribution in [3.05, 3.63) is 59.0 Å². The fourth-order valence-electron chi connectivity index (χ4n) is 4.08. The van der Waals surface area contributed by atoms with Crippen LogP contribution in [0.5, 0.6) is 0 Å². The molecule has 3 heterocycles. The quantitative estimate of drug-likeness (QED) is 0.500. The highest BCUT2D eigenvalue weighted by Gasteiger charge is 2.40. The number of Topliss-reactive ketones (excluding diaryl/α,β-unsaturated/α-hetero) is 1. The predicted molar refractivity (Wildman–Crippen MR) is 128 cm³/mol. The number of rotatable bonds is 6. The zero-order chi connectivity index (χ0) is 22.8. The Labute approximate surface area is 199 Å². The van der Waals surface area contributed by atoms with E-state index in [2.05, 4.69) is 15.5 Å². The minimum Gasteiger partial charge on any atom is -0.467 e. The maximum Gasteiger partial charge on any atom is 0.243 e. The van der Waals surface area contributed by atoms with E-state index in [-0.39, 0.29) is 30.6 Å². The van der Waals surface area contributed by atoms with Crippen LogP contribution >= 0.6 is 23.5 Å². The van der Waals surface area contributed by atoms with Crippen molar-refractivity contribution >= 4 is 51.5 Å². The normalized spacial score (nSPS) is 22.8. The summed E-state index contributed by atoms with van der Waals surface area (Å²) in [6.07, 6.45) is 6.01. The number of aryl methyl sites for hydroxylation is 2. The molecule has 2 fully saturated rings. The average Bonchev–Trinajstić information content (AvgIpc) is 3.55. The first-order valence-corrected chi connectivity index (χ1v) is 12.7. The highest BCUT2D eigenvalue weighted by atomic mass is 32.2. The topological polar surface area (TPSA) is 104 Å². The molecule has 1 aliphatic carbocycles. The highest BCUT2D eigenvalue weighted by Crippen LogP contribution is 2.33. The van der Waals surface area contributed by atoms with E-state index in [1.54, 1.807) is 18.4 Å². The molecular formula is C23H22N4O4S2. The van der Waals surface area contributed by atoms with Gasteiger partial charge in [-0.15, -0.1) is 10.2 Å². The van der Waals surface area contributed by atoms with Crippen LogP contribution in [0.3, 0.4) is 0 Å². The molecule has 2 amide bonds. The van der Waals surface area contributed by atoms with Crippen LogP contribution in [0, 0.1) is 0 Å². The molecule has 1 aromatic carbocycles. The molecule has 0 spiro atoms. The van der Waals surface area contributed by atoms with Gasteiger partial charge in [0.2, 0.25) is 11.8 Å². The van der Waals surface area contributed by atoms with E-state index < -0.39 is 5.25 Å². The number of nitrogens with one attached hydrogen (secondary N) is 1. The molecule has 2 aliphatic heterocycles. The molecule has 2 saturated heterocycles. The van der Waals surface area contributed by atoms with Crippen molar-refractivity contribution in [3.8, 4) is 0 Å². The van der Waals surface area contributed by atoms with Crippen LogP contribution in [0.2, 0.25) is 0 Å². The number of benzene rings is 1. The molecule has 2 aromatic rings. The highest BCUT2D eigenvalue weighted by molar-refractivity contribution is 8.15. The third kappa shape index (κ3) is 4.91. The molecule has 8 nitrogen and oxygen atoms in total. The fraction of sp³-hybridized carbons (Fsp3) is 0.348. The molecule has 3 aliphatic rings. The largest absolute Gasteiger partial charge is 0.467 e. The number of carbonyl (C=O) groups excluding carboxylic acids is 3. The van der Waals surface area contributed by atoms with Crippen molar-refractivity contribution in [1.82, 2.24) is 10.2 Å². The van der Waals surface area contributed by atoms with Crippen molar-refractivity contribution in [2.45, 2.75) is 43.9 Å². The van der Waals surface area contributed by atoms with Gasteiger partial charge in [-0.1, -0.05) is 35.7 Å². The number of ketones is 1. The average molecular weight is 483 g/mol. The second-order valence-electron chi connectivity index (χ2n) is 8.05. The van der Waals surface area contributed by atoms with E-state index in [1.165, 1.54) is 46.0 Å². The molecule has 1 atom stereocenters. The van der Waals surface area contributed by atoms with Gasteiger partial charge >= 0.3 is 0 Å². The summed E-state index contributed by atoms with van der Waals surface area (Å²) in [5.41, 5.74) is 3.21. The van der Waals surface area contributed by atoms with Gasteiger partial charge in [0.05, 0.1) is 23.8 Å². The Morgan fingerprint density at radius 3 is 2.76 bits per heavy atom. The minimum absolute atomic E-state index is 0.0571. The van der Waals surface area contributed by atoms with Gasteiger partial charge in [-0.25, -0.2) is 0 Å². The van der Waals surface area contributed by atoms with Gasteiger partial charge in [-0.2, -0.15) is 0 Å². The molecule has 0 bridgehead atoms. The molecular weight excluding hydrogens is 460 g/mol. The predicted octanol–water partition coefficient (Wildman–Crippen LogP) is 3.37.